The number of hydrogen-bond acceptors (Lipinski definition) is 8. The third kappa shape index (κ3) is 10.9. The van der Waals surface area contributed by atoms with Gasteiger partial charge in [-0.1, -0.05) is 109 Å². The molecule has 0 saturated carbocycles. The lowest BCUT2D eigenvalue weighted by atomic mass is 10.0. The molecule has 358 valence electrons. The molecule has 2 saturated heterocycles. The summed E-state index contributed by atoms with van der Waals surface area (Å²) in [7, 11) is 0. The molecule has 2 aliphatic heterocycles. The monoisotopic (exact) mass is 952 g/mol. The second-order valence-corrected chi connectivity index (χ2v) is 18.1. The topological polar surface area (TPSA) is 182 Å². The van der Waals surface area contributed by atoms with Crippen LogP contribution in [0.2, 0.25) is 0 Å². The first kappa shape index (κ1) is 46.8. The van der Waals surface area contributed by atoms with E-state index in [0.717, 1.165) is 87.3 Å². The van der Waals surface area contributed by atoms with Gasteiger partial charge in [0.25, 0.3) is 0 Å². The van der Waals surface area contributed by atoms with E-state index in [-0.39, 0.29) is 48.6 Å². The van der Waals surface area contributed by atoms with Gasteiger partial charge in [-0.2, -0.15) is 5.10 Å². The number of imidazole rings is 1. The highest BCUT2D eigenvalue weighted by molar-refractivity contribution is 5.91. The molecule has 8 aromatic rings. The van der Waals surface area contributed by atoms with Crippen molar-refractivity contribution in [1.29, 1.82) is 0 Å². The molecule has 4 N–H and O–H groups in total. The molecular weight excluding hydrogens is 901 g/mol. The van der Waals surface area contributed by atoms with Crippen molar-refractivity contribution in [3.63, 3.8) is 0 Å². The van der Waals surface area contributed by atoms with E-state index in [1.807, 2.05) is 137 Å². The zero-order chi connectivity index (χ0) is 49.2. The molecule has 4 aromatic heterocycles. The number of pyridine rings is 2. The van der Waals surface area contributed by atoms with Gasteiger partial charge < -0.3 is 25.4 Å². The molecule has 10 rings (SSSR count). The molecule has 6 heterocycles. The Hall–Kier alpha value is -8.96. The van der Waals surface area contributed by atoms with Crippen LogP contribution in [0.4, 0.5) is 0 Å². The molecule has 2 aliphatic rings. The van der Waals surface area contributed by atoms with Crippen LogP contribution in [0, 0.1) is 11.8 Å². The fourth-order valence-electron chi connectivity index (χ4n) is 9.58. The van der Waals surface area contributed by atoms with E-state index in [1.54, 1.807) is 43.1 Å². The van der Waals surface area contributed by atoms with Gasteiger partial charge in [-0.15, -0.1) is 0 Å². The fraction of sp³-hybridized carbons (Fsp3) is 0.207. The summed E-state index contributed by atoms with van der Waals surface area (Å²) >= 11 is 0. The first-order valence-corrected chi connectivity index (χ1v) is 24.2. The van der Waals surface area contributed by atoms with E-state index < -0.39 is 12.1 Å². The number of nitrogens with zero attached hydrogens (tertiary/aromatic N) is 6. The number of hydrogen-bond donors (Lipinski definition) is 4. The first-order chi connectivity index (χ1) is 35.3. The Morgan fingerprint density at radius 1 is 0.597 bits per heavy atom. The highest BCUT2D eigenvalue weighted by atomic mass is 16.2. The number of aromatic nitrogens is 6. The Bertz CT molecular complexity index is 2990. The van der Waals surface area contributed by atoms with Crippen molar-refractivity contribution < 1.29 is 19.2 Å². The van der Waals surface area contributed by atoms with Gasteiger partial charge in [0, 0.05) is 54.6 Å². The lowest BCUT2D eigenvalue weighted by molar-refractivity contribution is -0.137. The Kier molecular flexibility index (Phi) is 14.1. The minimum atomic E-state index is -0.845. The third-order valence-corrected chi connectivity index (χ3v) is 13.2. The van der Waals surface area contributed by atoms with Gasteiger partial charge in [-0.3, -0.25) is 34.2 Å². The standard InChI is InChI=1S/C58H52N10O4/c69-52(33-41-11-7-29-59-36-41)63-54(45-13-3-1-4-14-45)57(71)67-31-9-17-50(67)48-35-47(65-66-48)43-25-21-39(22-26-43)19-20-40-23-27-44(28-24-40)49-38-61-56(62-49)51-18-10-32-68(51)58(72)55(46-15-5-2-6-16-46)64-53(70)34-42-12-8-30-60-37-42/h1-8,11-16,21-30,35-38,50-51,54-55H,9-10,17-18,31-34H2,(H,61,62)(H,63,69)(H,64,70)(H,65,66)/t50-,51-,54+,55+/m0/s1. The summed E-state index contributed by atoms with van der Waals surface area (Å²) < 4.78 is 0. The highest BCUT2D eigenvalue weighted by Gasteiger charge is 2.38. The lowest BCUT2D eigenvalue weighted by Crippen LogP contribution is -2.43. The van der Waals surface area contributed by atoms with Gasteiger partial charge in [0.05, 0.1) is 48.2 Å². The Morgan fingerprint density at radius 2 is 1.11 bits per heavy atom. The number of likely N-dealkylation sites (tertiary alicyclic amines) is 2. The maximum absolute atomic E-state index is 14.3. The van der Waals surface area contributed by atoms with Crippen LogP contribution in [0.25, 0.3) is 22.5 Å². The zero-order valence-corrected chi connectivity index (χ0v) is 39.4. The maximum Gasteiger partial charge on any atom is 0.250 e. The van der Waals surface area contributed by atoms with Crippen molar-refractivity contribution in [2.45, 2.75) is 62.7 Å². The van der Waals surface area contributed by atoms with Crippen molar-refractivity contribution in [1.82, 2.24) is 50.6 Å². The number of amides is 4. The van der Waals surface area contributed by atoms with E-state index in [2.05, 4.69) is 47.6 Å². The second kappa shape index (κ2) is 21.8. The molecule has 2 fully saturated rings. The normalized spacial score (nSPS) is 16.1. The van der Waals surface area contributed by atoms with E-state index in [1.165, 1.54) is 0 Å². The number of benzene rings is 4. The van der Waals surface area contributed by atoms with Crippen LogP contribution in [0.1, 0.15) is 94.7 Å². The molecule has 14 nitrogen and oxygen atoms in total. The third-order valence-electron chi connectivity index (χ3n) is 13.2. The van der Waals surface area contributed by atoms with Crippen LogP contribution in [-0.4, -0.2) is 76.7 Å². The Labute approximate surface area is 417 Å². The number of carbonyl (C=O) groups is 4. The molecule has 4 aromatic carbocycles. The average molecular weight is 953 g/mol. The summed E-state index contributed by atoms with van der Waals surface area (Å²) in [6.45, 7) is 1.12. The van der Waals surface area contributed by atoms with Crippen molar-refractivity contribution in [3.8, 4) is 34.4 Å². The predicted molar refractivity (Wildman–Crippen MR) is 272 cm³/mol. The SMILES string of the molecule is O=C(Cc1cccnc1)N[C@@H](C(=O)N1CCC[C@H]1c1cc(-c2ccc(C#Cc3ccc(-c4cnc([C@@H]5CCCN5C(=O)[C@H](NC(=O)Cc5cccnc5)c5ccccc5)[nH]4)cc3)cc2)n[nH]1)c1ccccc1. The van der Waals surface area contributed by atoms with Gasteiger partial charge in [0.15, 0.2) is 0 Å². The van der Waals surface area contributed by atoms with E-state index in [9.17, 15) is 19.2 Å². The summed E-state index contributed by atoms with van der Waals surface area (Å²) in [6, 6.07) is 41.7. The molecule has 14 heteroatoms. The van der Waals surface area contributed by atoms with Gasteiger partial charge in [0.2, 0.25) is 23.6 Å². The van der Waals surface area contributed by atoms with Crippen molar-refractivity contribution in [2.75, 3.05) is 13.1 Å². The van der Waals surface area contributed by atoms with E-state index >= 15 is 0 Å². The number of rotatable bonds is 14. The predicted octanol–water partition coefficient (Wildman–Crippen LogP) is 8.18. The van der Waals surface area contributed by atoms with Crippen LogP contribution in [0.15, 0.2) is 171 Å². The lowest BCUT2D eigenvalue weighted by Gasteiger charge is -2.29. The van der Waals surface area contributed by atoms with E-state index in [0.29, 0.717) is 18.9 Å². The number of H-pyrrole nitrogens is 2. The minimum absolute atomic E-state index is 0.117. The van der Waals surface area contributed by atoms with Crippen LogP contribution in [-0.2, 0) is 32.0 Å². The molecule has 0 spiro atoms. The van der Waals surface area contributed by atoms with Gasteiger partial charge in [-0.25, -0.2) is 4.98 Å². The molecule has 0 aliphatic carbocycles. The fourth-order valence-corrected chi connectivity index (χ4v) is 9.58. The summed E-state index contributed by atoms with van der Waals surface area (Å²) in [6.07, 6.45) is 11.8. The molecule has 72 heavy (non-hydrogen) atoms. The van der Waals surface area contributed by atoms with Crippen LogP contribution in [0.5, 0.6) is 0 Å². The second-order valence-electron chi connectivity index (χ2n) is 18.1. The van der Waals surface area contributed by atoms with Gasteiger partial charge in [0.1, 0.15) is 17.9 Å². The van der Waals surface area contributed by atoms with Gasteiger partial charge >= 0.3 is 0 Å². The molecule has 4 amide bonds. The van der Waals surface area contributed by atoms with Crippen LogP contribution < -0.4 is 10.6 Å². The largest absolute Gasteiger partial charge is 0.340 e. The average Bonchev–Trinajstić information content (AvgIpc) is 4.29. The summed E-state index contributed by atoms with van der Waals surface area (Å²) in [5.41, 5.74) is 8.96. The Balaban J connectivity index is 0.767. The molecule has 0 radical (unpaired) electrons. The molecule has 4 atom stereocenters. The number of aromatic amines is 2. The summed E-state index contributed by atoms with van der Waals surface area (Å²) in [5.74, 6) is 6.41. The molecular formula is C58H52N10O4. The smallest absolute Gasteiger partial charge is 0.250 e. The van der Waals surface area contributed by atoms with Crippen molar-refractivity contribution in [2.24, 2.45) is 0 Å². The number of nitrogens with one attached hydrogen (secondary N) is 4. The highest BCUT2D eigenvalue weighted by Crippen LogP contribution is 2.36. The zero-order valence-electron chi connectivity index (χ0n) is 39.4. The molecule has 0 bridgehead atoms. The van der Waals surface area contributed by atoms with E-state index in [4.69, 9.17) is 4.98 Å². The summed E-state index contributed by atoms with van der Waals surface area (Å²) in [4.78, 5) is 75.1. The van der Waals surface area contributed by atoms with Crippen LogP contribution in [0.3, 0.4) is 0 Å². The van der Waals surface area contributed by atoms with Crippen molar-refractivity contribution in [3.05, 3.63) is 215 Å². The Morgan fingerprint density at radius 3 is 1.64 bits per heavy atom. The van der Waals surface area contributed by atoms with Crippen LogP contribution >= 0.6 is 0 Å². The molecule has 0 unspecified atom stereocenters. The quantitative estimate of drug-likeness (QED) is 0.0788. The summed E-state index contributed by atoms with van der Waals surface area (Å²) in [5, 5.41) is 13.8. The number of carbonyl (C=O) groups excluding carboxylic acids is 4. The first-order valence-electron chi connectivity index (χ1n) is 24.2. The van der Waals surface area contributed by atoms with Crippen molar-refractivity contribution >= 4 is 23.6 Å². The minimum Gasteiger partial charge on any atom is -0.340 e. The van der Waals surface area contributed by atoms with Gasteiger partial charge in [-0.05, 0) is 96.0 Å². The maximum atomic E-state index is 14.3.